The fraction of sp³-hybridized carbons (Fsp3) is 1.00. The van der Waals surface area contributed by atoms with Gasteiger partial charge < -0.3 is 9.47 Å². The van der Waals surface area contributed by atoms with Crippen LogP contribution in [0.5, 0.6) is 0 Å². The quantitative estimate of drug-likeness (QED) is 0.690. The van der Waals surface area contributed by atoms with Gasteiger partial charge in [-0.1, -0.05) is 36.7 Å². The molecule has 1 aliphatic rings. The van der Waals surface area contributed by atoms with Crippen LogP contribution in [-0.4, -0.2) is 24.8 Å². The minimum Gasteiger partial charge on any atom is -0.353 e. The third kappa shape index (κ3) is 5.65. The van der Waals surface area contributed by atoms with Crippen molar-refractivity contribution in [3.05, 3.63) is 0 Å². The zero-order valence-corrected chi connectivity index (χ0v) is 12.4. The fourth-order valence-electron chi connectivity index (χ4n) is 2.17. The average Bonchev–Trinajstić information content (AvgIpc) is 2.27. The molecule has 1 aliphatic heterocycles. The normalized spacial score (nSPS) is 24.4. The number of rotatable bonds is 6. The second-order valence-electron chi connectivity index (χ2n) is 5.74. The minimum atomic E-state index is 0.0586. The highest BCUT2D eigenvalue weighted by Crippen LogP contribution is 2.28. The molecule has 2 atom stereocenters. The molecule has 3 heteroatoms. The fourth-order valence-corrected chi connectivity index (χ4v) is 2.40. The third-order valence-electron chi connectivity index (χ3n) is 2.97. The van der Waals surface area contributed by atoms with E-state index in [0.29, 0.717) is 11.3 Å². The van der Waals surface area contributed by atoms with Crippen molar-refractivity contribution in [1.29, 1.82) is 0 Å². The van der Waals surface area contributed by atoms with Gasteiger partial charge in [-0.25, -0.2) is 0 Å². The van der Waals surface area contributed by atoms with Gasteiger partial charge in [0.05, 0.1) is 6.61 Å². The van der Waals surface area contributed by atoms with Crippen molar-refractivity contribution in [3.63, 3.8) is 0 Å². The van der Waals surface area contributed by atoms with Crippen LogP contribution in [0.1, 0.15) is 46.5 Å². The third-order valence-corrected chi connectivity index (χ3v) is 4.49. The van der Waals surface area contributed by atoms with E-state index in [1.165, 1.54) is 19.3 Å². The first-order valence-corrected chi connectivity index (χ1v) is 7.45. The van der Waals surface area contributed by atoms with Gasteiger partial charge in [0.15, 0.2) is 6.29 Å². The molecule has 0 bridgehead atoms. The van der Waals surface area contributed by atoms with Gasteiger partial charge >= 0.3 is 0 Å². The van der Waals surface area contributed by atoms with Crippen LogP contribution in [0, 0.1) is 11.3 Å². The smallest absolute Gasteiger partial charge is 0.157 e. The number of halogens is 1. The van der Waals surface area contributed by atoms with Crippen LogP contribution in [0.25, 0.3) is 0 Å². The van der Waals surface area contributed by atoms with Crippen molar-refractivity contribution in [3.8, 4) is 0 Å². The minimum absolute atomic E-state index is 0.0586. The van der Waals surface area contributed by atoms with Crippen molar-refractivity contribution >= 4 is 15.9 Å². The molecule has 0 aliphatic carbocycles. The predicted octanol–water partition coefficient (Wildman–Crippen LogP) is 3.98. The highest BCUT2D eigenvalue weighted by atomic mass is 79.9. The van der Waals surface area contributed by atoms with Crippen LogP contribution < -0.4 is 0 Å². The van der Waals surface area contributed by atoms with E-state index in [1.807, 2.05) is 0 Å². The molecule has 0 aromatic heterocycles. The van der Waals surface area contributed by atoms with Gasteiger partial charge in [-0.05, 0) is 37.0 Å². The molecule has 0 aromatic carbocycles. The molecule has 1 heterocycles. The Morgan fingerprint density at radius 2 is 2.19 bits per heavy atom. The molecule has 0 aromatic rings. The highest BCUT2D eigenvalue weighted by Gasteiger charge is 2.21. The number of ether oxygens (including phenoxy) is 2. The Balaban J connectivity index is 2.16. The molecule has 16 heavy (non-hydrogen) atoms. The number of hydrogen-bond donors (Lipinski definition) is 0. The van der Waals surface area contributed by atoms with E-state index in [4.69, 9.17) is 9.47 Å². The number of alkyl halides is 1. The van der Waals surface area contributed by atoms with Crippen LogP contribution in [0.4, 0.5) is 0 Å². The van der Waals surface area contributed by atoms with E-state index in [-0.39, 0.29) is 6.29 Å². The molecule has 0 amide bonds. The lowest BCUT2D eigenvalue weighted by Gasteiger charge is -2.28. The first-order chi connectivity index (χ1) is 7.53. The Morgan fingerprint density at radius 3 is 2.75 bits per heavy atom. The van der Waals surface area contributed by atoms with Crippen LogP contribution in [0.2, 0.25) is 0 Å². The summed E-state index contributed by atoms with van der Waals surface area (Å²) in [5, 5.41) is 1.05. The van der Waals surface area contributed by atoms with Crippen molar-refractivity contribution in [2.24, 2.45) is 11.3 Å². The maximum atomic E-state index is 5.80. The van der Waals surface area contributed by atoms with Gasteiger partial charge in [-0.15, -0.1) is 0 Å². The molecule has 96 valence electrons. The van der Waals surface area contributed by atoms with Crippen LogP contribution in [-0.2, 0) is 9.47 Å². The van der Waals surface area contributed by atoms with Gasteiger partial charge in [0.1, 0.15) is 0 Å². The van der Waals surface area contributed by atoms with Crippen molar-refractivity contribution in [2.45, 2.75) is 52.7 Å². The molecule has 0 spiro atoms. The number of hydrogen-bond acceptors (Lipinski definition) is 2. The van der Waals surface area contributed by atoms with Gasteiger partial charge in [0.25, 0.3) is 0 Å². The Kier molecular flexibility index (Phi) is 6.30. The lowest BCUT2D eigenvalue weighted by molar-refractivity contribution is -0.169. The maximum Gasteiger partial charge on any atom is 0.157 e. The zero-order valence-electron chi connectivity index (χ0n) is 10.8. The van der Waals surface area contributed by atoms with Gasteiger partial charge in [0, 0.05) is 11.9 Å². The SMILES string of the molecule is CC(COC1CCCCO1)CC(C)(C)CBr. The first-order valence-electron chi connectivity index (χ1n) is 6.33. The van der Waals surface area contributed by atoms with E-state index in [9.17, 15) is 0 Å². The summed E-state index contributed by atoms with van der Waals surface area (Å²) in [5.41, 5.74) is 0.357. The summed E-state index contributed by atoms with van der Waals surface area (Å²) in [7, 11) is 0. The first kappa shape index (κ1) is 14.5. The van der Waals surface area contributed by atoms with Crippen molar-refractivity contribution < 1.29 is 9.47 Å². The Labute approximate surface area is 108 Å². The highest BCUT2D eigenvalue weighted by molar-refractivity contribution is 9.09. The zero-order chi connectivity index (χ0) is 12.0. The van der Waals surface area contributed by atoms with Crippen LogP contribution >= 0.6 is 15.9 Å². The summed E-state index contributed by atoms with van der Waals surface area (Å²) in [4.78, 5) is 0. The largest absolute Gasteiger partial charge is 0.353 e. The van der Waals surface area contributed by atoms with E-state index in [0.717, 1.165) is 25.0 Å². The van der Waals surface area contributed by atoms with Crippen LogP contribution in [0.3, 0.4) is 0 Å². The summed E-state index contributed by atoms with van der Waals surface area (Å²) in [6, 6.07) is 0. The molecular formula is C13H25BrO2. The van der Waals surface area contributed by atoms with Crippen molar-refractivity contribution in [1.82, 2.24) is 0 Å². The van der Waals surface area contributed by atoms with Gasteiger partial charge in [0.2, 0.25) is 0 Å². The molecule has 1 rings (SSSR count). The van der Waals surface area contributed by atoms with E-state index in [1.54, 1.807) is 0 Å². The second kappa shape index (κ2) is 6.97. The Morgan fingerprint density at radius 1 is 1.44 bits per heavy atom. The second-order valence-corrected chi connectivity index (χ2v) is 6.30. The monoisotopic (exact) mass is 292 g/mol. The van der Waals surface area contributed by atoms with Gasteiger partial charge in [-0.2, -0.15) is 0 Å². The molecule has 0 radical (unpaired) electrons. The van der Waals surface area contributed by atoms with Crippen LogP contribution in [0.15, 0.2) is 0 Å². The molecule has 0 saturated carbocycles. The summed E-state index contributed by atoms with van der Waals surface area (Å²) in [5.74, 6) is 0.595. The molecule has 2 unspecified atom stereocenters. The summed E-state index contributed by atoms with van der Waals surface area (Å²) < 4.78 is 11.4. The average molecular weight is 293 g/mol. The van der Waals surface area contributed by atoms with E-state index in [2.05, 4.69) is 36.7 Å². The maximum absolute atomic E-state index is 5.80. The standard InChI is InChI=1S/C13H25BrO2/c1-11(8-13(2,3)10-14)9-16-12-6-4-5-7-15-12/h11-12H,4-10H2,1-3H3. The predicted molar refractivity (Wildman–Crippen MR) is 70.9 cm³/mol. The Bertz CT molecular complexity index is 188. The molecule has 2 nitrogen and oxygen atoms in total. The lowest BCUT2D eigenvalue weighted by Crippen LogP contribution is -2.26. The lowest BCUT2D eigenvalue weighted by atomic mass is 9.86. The summed E-state index contributed by atoms with van der Waals surface area (Å²) in [6.45, 7) is 8.52. The molecule has 1 saturated heterocycles. The topological polar surface area (TPSA) is 18.5 Å². The Hall–Kier alpha value is 0.400. The van der Waals surface area contributed by atoms with Crippen molar-refractivity contribution in [2.75, 3.05) is 18.5 Å². The molecular weight excluding hydrogens is 268 g/mol. The molecule has 1 fully saturated rings. The molecule has 0 N–H and O–H groups in total. The summed E-state index contributed by atoms with van der Waals surface area (Å²) in [6.07, 6.45) is 4.74. The van der Waals surface area contributed by atoms with E-state index >= 15 is 0 Å². The summed E-state index contributed by atoms with van der Waals surface area (Å²) >= 11 is 3.56. The van der Waals surface area contributed by atoms with E-state index < -0.39 is 0 Å². The van der Waals surface area contributed by atoms with Gasteiger partial charge in [-0.3, -0.25) is 0 Å².